The highest BCUT2D eigenvalue weighted by molar-refractivity contribution is 5.26. The normalized spacial score (nSPS) is 25.8. The minimum Gasteiger partial charge on any atom is -0.378 e. The van der Waals surface area contributed by atoms with Crippen LogP contribution in [0, 0.1) is 0 Å². The highest BCUT2D eigenvalue weighted by Crippen LogP contribution is 2.26. The van der Waals surface area contributed by atoms with Crippen LogP contribution in [0.3, 0.4) is 0 Å². The number of hydrogen-bond donors (Lipinski definition) is 1. The van der Waals surface area contributed by atoms with Gasteiger partial charge in [0, 0.05) is 11.7 Å². The molecule has 16 heavy (non-hydrogen) atoms. The summed E-state index contributed by atoms with van der Waals surface area (Å²) in [7, 11) is 4.24. The van der Waals surface area contributed by atoms with Crippen LogP contribution in [0.4, 0.5) is 0 Å². The maximum atomic E-state index is 4.07. The Bertz CT molecular complexity index is 302. The Hall–Kier alpha value is -1.02. The first kappa shape index (κ1) is 13.0. The Kier molecular flexibility index (Phi) is 4.36. The lowest BCUT2D eigenvalue weighted by Crippen LogP contribution is -2.56. The molecule has 90 valence electrons. The second-order valence-corrected chi connectivity index (χ2v) is 4.75. The van der Waals surface area contributed by atoms with Gasteiger partial charge in [-0.25, -0.2) is 0 Å². The number of rotatable bonds is 5. The zero-order chi connectivity index (χ0) is 12.2. The van der Waals surface area contributed by atoms with Crippen LogP contribution in [-0.4, -0.2) is 30.6 Å². The molecule has 0 bridgehead atoms. The van der Waals surface area contributed by atoms with Crippen LogP contribution in [-0.2, 0) is 0 Å². The zero-order valence-electron chi connectivity index (χ0n) is 11.0. The van der Waals surface area contributed by atoms with Crippen LogP contribution in [0.25, 0.3) is 0 Å². The molecule has 0 heterocycles. The molecule has 2 atom stereocenters. The Labute approximate surface area is 99.7 Å². The fourth-order valence-corrected chi connectivity index (χ4v) is 2.02. The van der Waals surface area contributed by atoms with Crippen molar-refractivity contribution in [2.24, 2.45) is 0 Å². The van der Waals surface area contributed by atoms with Crippen LogP contribution in [0.1, 0.15) is 26.7 Å². The standard InChI is InChI=1S/C14H24N2/c1-6-12(2)15-14(13(3)16(4)5)10-8-7-9-11-14/h7-10,13,15H,2,6,11H2,1,3-5H3/t13?,14-/m0/s1. The molecule has 0 radical (unpaired) electrons. The lowest BCUT2D eigenvalue weighted by atomic mass is 9.83. The molecular weight excluding hydrogens is 196 g/mol. The average molecular weight is 220 g/mol. The largest absolute Gasteiger partial charge is 0.378 e. The predicted octanol–water partition coefficient (Wildman–Crippen LogP) is 2.70. The van der Waals surface area contributed by atoms with Gasteiger partial charge in [0.1, 0.15) is 0 Å². The average Bonchev–Trinajstić information content (AvgIpc) is 2.29. The third kappa shape index (κ3) is 2.76. The van der Waals surface area contributed by atoms with Gasteiger partial charge in [-0.15, -0.1) is 0 Å². The molecule has 0 spiro atoms. The predicted molar refractivity (Wildman–Crippen MR) is 71.3 cm³/mol. The molecule has 1 N–H and O–H groups in total. The van der Waals surface area contributed by atoms with Crippen LogP contribution in [0.15, 0.2) is 36.6 Å². The number of nitrogens with zero attached hydrogens (tertiary/aromatic N) is 1. The highest BCUT2D eigenvalue weighted by atomic mass is 15.2. The maximum absolute atomic E-state index is 4.07. The Morgan fingerprint density at radius 3 is 2.62 bits per heavy atom. The first-order chi connectivity index (χ1) is 7.52. The van der Waals surface area contributed by atoms with Gasteiger partial charge in [0.25, 0.3) is 0 Å². The number of nitrogens with one attached hydrogen (secondary N) is 1. The third-order valence-corrected chi connectivity index (χ3v) is 3.45. The molecular formula is C14H24N2. The highest BCUT2D eigenvalue weighted by Gasteiger charge is 2.34. The van der Waals surface area contributed by atoms with E-state index >= 15 is 0 Å². The minimum absolute atomic E-state index is 0.00859. The fraction of sp³-hybridized carbons (Fsp3) is 0.571. The lowest BCUT2D eigenvalue weighted by molar-refractivity contribution is 0.201. The second-order valence-electron chi connectivity index (χ2n) is 4.75. The Balaban J connectivity index is 2.89. The van der Waals surface area contributed by atoms with Crippen molar-refractivity contribution in [3.8, 4) is 0 Å². The molecule has 0 saturated carbocycles. The van der Waals surface area contributed by atoms with E-state index in [1.807, 2.05) is 0 Å². The van der Waals surface area contributed by atoms with Crippen molar-refractivity contribution in [3.05, 3.63) is 36.6 Å². The first-order valence-corrected chi connectivity index (χ1v) is 5.98. The Morgan fingerprint density at radius 1 is 1.50 bits per heavy atom. The van der Waals surface area contributed by atoms with Crippen molar-refractivity contribution in [1.29, 1.82) is 0 Å². The van der Waals surface area contributed by atoms with Crippen LogP contribution >= 0.6 is 0 Å². The van der Waals surface area contributed by atoms with E-state index < -0.39 is 0 Å². The van der Waals surface area contributed by atoms with E-state index in [1.165, 1.54) is 0 Å². The van der Waals surface area contributed by atoms with Crippen molar-refractivity contribution in [2.45, 2.75) is 38.3 Å². The number of hydrogen-bond acceptors (Lipinski definition) is 2. The molecule has 0 aliphatic heterocycles. The summed E-state index contributed by atoms with van der Waals surface area (Å²) in [6.45, 7) is 8.45. The lowest BCUT2D eigenvalue weighted by Gasteiger charge is -2.42. The molecule has 0 fully saturated rings. The third-order valence-electron chi connectivity index (χ3n) is 3.45. The zero-order valence-corrected chi connectivity index (χ0v) is 11.0. The summed E-state index contributed by atoms with van der Waals surface area (Å²) >= 11 is 0. The quantitative estimate of drug-likeness (QED) is 0.766. The van der Waals surface area contributed by atoms with Crippen LogP contribution in [0.2, 0.25) is 0 Å². The van der Waals surface area contributed by atoms with Crippen molar-refractivity contribution in [3.63, 3.8) is 0 Å². The molecule has 0 aromatic rings. The molecule has 2 nitrogen and oxygen atoms in total. The molecule has 1 aliphatic carbocycles. The Morgan fingerprint density at radius 2 is 2.19 bits per heavy atom. The van der Waals surface area contributed by atoms with Gasteiger partial charge in [-0.3, -0.25) is 0 Å². The van der Waals surface area contributed by atoms with Crippen molar-refractivity contribution < 1.29 is 0 Å². The van der Waals surface area contributed by atoms with Gasteiger partial charge in [0.15, 0.2) is 0 Å². The van der Waals surface area contributed by atoms with Gasteiger partial charge >= 0.3 is 0 Å². The minimum atomic E-state index is -0.00859. The van der Waals surface area contributed by atoms with Crippen LogP contribution < -0.4 is 5.32 Å². The number of allylic oxidation sites excluding steroid dienone is 3. The molecule has 0 amide bonds. The van der Waals surface area contributed by atoms with Gasteiger partial charge in [0.05, 0.1) is 5.54 Å². The smallest absolute Gasteiger partial charge is 0.0742 e. The van der Waals surface area contributed by atoms with Crippen molar-refractivity contribution in [2.75, 3.05) is 14.1 Å². The summed E-state index contributed by atoms with van der Waals surface area (Å²) in [6.07, 6.45) is 10.7. The van der Waals surface area contributed by atoms with Crippen molar-refractivity contribution in [1.82, 2.24) is 10.2 Å². The summed E-state index contributed by atoms with van der Waals surface area (Å²) in [5.41, 5.74) is 1.10. The van der Waals surface area contributed by atoms with Gasteiger partial charge in [-0.1, -0.05) is 37.8 Å². The summed E-state index contributed by atoms with van der Waals surface area (Å²) in [5.74, 6) is 0. The summed E-state index contributed by atoms with van der Waals surface area (Å²) in [5, 5.41) is 3.59. The molecule has 1 unspecified atom stereocenters. The van der Waals surface area contributed by atoms with Crippen LogP contribution in [0.5, 0.6) is 0 Å². The second kappa shape index (κ2) is 5.35. The molecule has 0 aromatic heterocycles. The van der Waals surface area contributed by atoms with E-state index in [9.17, 15) is 0 Å². The summed E-state index contributed by atoms with van der Waals surface area (Å²) < 4.78 is 0. The van der Waals surface area contributed by atoms with E-state index in [0.29, 0.717) is 6.04 Å². The first-order valence-electron chi connectivity index (χ1n) is 5.98. The van der Waals surface area contributed by atoms with E-state index in [1.54, 1.807) is 0 Å². The number of likely N-dealkylation sites (N-methyl/N-ethyl adjacent to an activating group) is 1. The molecule has 2 heteroatoms. The summed E-state index contributed by atoms with van der Waals surface area (Å²) in [6, 6.07) is 0.428. The van der Waals surface area contributed by atoms with E-state index in [4.69, 9.17) is 0 Å². The fourth-order valence-electron chi connectivity index (χ4n) is 2.02. The molecule has 1 aliphatic rings. The molecule has 1 rings (SSSR count). The molecule has 0 saturated heterocycles. The van der Waals surface area contributed by atoms with Gasteiger partial charge < -0.3 is 10.2 Å². The van der Waals surface area contributed by atoms with E-state index in [2.05, 4.69) is 69.0 Å². The molecule has 0 aromatic carbocycles. The van der Waals surface area contributed by atoms with Crippen molar-refractivity contribution >= 4 is 0 Å². The SMILES string of the molecule is C=C(CC)N[C@@]1(C(C)N(C)C)C=CC=CC1. The monoisotopic (exact) mass is 220 g/mol. The van der Waals surface area contributed by atoms with Gasteiger partial charge in [-0.05, 0) is 33.9 Å². The maximum Gasteiger partial charge on any atom is 0.0742 e. The topological polar surface area (TPSA) is 15.3 Å². The summed E-state index contributed by atoms with van der Waals surface area (Å²) in [4.78, 5) is 2.25. The van der Waals surface area contributed by atoms with E-state index in [-0.39, 0.29) is 5.54 Å². The van der Waals surface area contributed by atoms with Gasteiger partial charge in [0.2, 0.25) is 0 Å². The van der Waals surface area contributed by atoms with Gasteiger partial charge in [-0.2, -0.15) is 0 Å². The van der Waals surface area contributed by atoms with E-state index in [0.717, 1.165) is 18.5 Å².